The van der Waals surface area contributed by atoms with Gasteiger partial charge in [-0.1, -0.05) is 18.2 Å². The molecule has 1 spiro atoms. The largest absolute Gasteiger partial charge is 0.381 e. The van der Waals surface area contributed by atoms with Crippen LogP contribution in [0.1, 0.15) is 51.3 Å². The molecule has 2 N–H and O–H groups in total. The average Bonchev–Trinajstić information content (AvgIpc) is 3.05. The third-order valence-electron chi connectivity index (χ3n) is 7.49. The lowest BCUT2D eigenvalue weighted by Crippen LogP contribution is -2.60. The van der Waals surface area contributed by atoms with Crippen molar-refractivity contribution in [2.24, 2.45) is 5.41 Å². The molecule has 2 fully saturated rings. The molecule has 0 saturated carbocycles. The molecule has 168 valence electrons. The van der Waals surface area contributed by atoms with Crippen LogP contribution in [0.2, 0.25) is 0 Å². The number of ether oxygens (including phenoxy) is 1. The fraction of sp³-hybridized carbons (Fsp3) is 0.462. The molecule has 0 atom stereocenters. The number of benzene rings is 1. The summed E-state index contributed by atoms with van der Waals surface area (Å²) in [5, 5.41) is 4.58. The lowest BCUT2D eigenvalue weighted by Gasteiger charge is -2.52. The monoisotopic (exact) mass is 432 g/mol. The van der Waals surface area contributed by atoms with Crippen LogP contribution in [-0.4, -0.2) is 47.1 Å². The predicted octanol–water partition coefficient (Wildman–Crippen LogP) is 4.66. The van der Waals surface area contributed by atoms with E-state index in [2.05, 4.69) is 56.2 Å². The first kappa shape index (κ1) is 21.0. The molecule has 0 bridgehead atoms. The number of anilines is 1. The fourth-order valence-corrected chi connectivity index (χ4v) is 5.18. The van der Waals surface area contributed by atoms with Crippen LogP contribution in [-0.2, 0) is 11.3 Å². The number of aromatic amines is 1. The molecule has 32 heavy (non-hydrogen) atoms. The molecule has 1 amide bonds. The molecular weight excluding hydrogens is 400 g/mol. The summed E-state index contributed by atoms with van der Waals surface area (Å²) in [5.41, 5.74) is 7.77. The van der Waals surface area contributed by atoms with Gasteiger partial charge in [-0.15, -0.1) is 0 Å². The number of likely N-dealkylation sites (tertiary alicyclic amines) is 1. The van der Waals surface area contributed by atoms with E-state index < -0.39 is 0 Å². The number of H-pyrrole nitrogens is 1. The van der Waals surface area contributed by atoms with Gasteiger partial charge in [-0.3, -0.25) is 4.79 Å². The van der Waals surface area contributed by atoms with Crippen molar-refractivity contribution in [2.45, 2.75) is 47.1 Å². The van der Waals surface area contributed by atoms with Crippen LogP contribution in [0.15, 0.2) is 24.3 Å². The number of aromatic nitrogens is 2. The van der Waals surface area contributed by atoms with Gasteiger partial charge in [-0.05, 0) is 68.9 Å². The Kier molecular flexibility index (Phi) is 5.20. The Hall–Kier alpha value is -2.86. The molecule has 0 radical (unpaired) electrons. The van der Waals surface area contributed by atoms with Gasteiger partial charge < -0.3 is 19.9 Å². The average molecular weight is 433 g/mol. The summed E-state index contributed by atoms with van der Waals surface area (Å²) in [6.45, 7) is 12.3. The molecule has 0 unspecified atom stereocenters. The van der Waals surface area contributed by atoms with Crippen molar-refractivity contribution in [1.82, 2.24) is 14.9 Å². The number of aryl methyl sites for hydroxylation is 4. The van der Waals surface area contributed by atoms with Crippen LogP contribution in [0.3, 0.4) is 0 Å². The van der Waals surface area contributed by atoms with E-state index in [1.165, 1.54) is 16.7 Å². The fourth-order valence-electron chi connectivity index (χ4n) is 5.18. The van der Waals surface area contributed by atoms with Gasteiger partial charge in [0, 0.05) is 49.3 Å². The van der Waals surface area contributed by atoms with Crippen molar-refractivity contribution in [3.05, 3.63) is 57.9 Å². The SMILES string of the molecule is Cc1cccc(C)c1CNc1nc(C(=O)N2CC3(CCOCC3)C2)cc2c(C)c(C)[nH]c12. The maximum absolute atomic E-state index is 13.3. The van der Waals surface area contributed by atoms with Gasteiger partial charge in [-0.2, -0.15) is 0 Å². The van der Waals surface area contributed by atoms with Gasteiger partial charge in [0.2, 0.25) is 0 Å². The van der Waals surface area contributed by atoms with Crippen molar-refractivity contribution < 1.29 is 9.53 Å². The minimum absolute atomic E-state index is 0.0254. The number of carbonyl (C=O) groups excluding carboxylic acids is 1. The molecule has 5 rings (SSSR count). The van der Waals surface area contributed by atoms with Gasteiger partial charge in [0.1, 0.15) is 5.69 Å². The first-order valence-electron chi connectivity index (χ1n) is 11.5. The van der Waals surface area contributed by atoms with Crippen molar-refractivity contribution in [2.75, 3.05) is 31.6 Å². The van der Waals surface area contributed by atoms with Crippen LogP contribution in [0.4, 0.5) is 5.82 Å². The predicted molar refractivity (Wildman–Crippen MR) is 127 cm³/mol. The number of rotatable bonds is 4. The number of fused-ring (bicyclic) bond motifs is 1. The number of carbonyl (C=O) groups is 1. The highest BCUT2D eigenvalue weighted by Crippen LogP contribution is 2.40. The minimum atomic E-state index is 0.0254. The molecule has 6 heteroatoms. The summed E-state index contributed by atoms with van der Waals surface area (Å²) in [7, 11) is 0. The zero-order valence-corrected chi connectivity index (χ0v) is 19.5. The molecule has 2 saturated heterocycles. The summed E-state index contributed by atoms with van der Waals surface area (Å²) < 4.78 is 5.51. The Bertz CT molecular complexity index is 1160. The zero-order valence-electron chi connectivity index (χ0n) is 19.5. The summed E-state index contributed by atoms with van der Waals surface area (Å²) in [4.78, 5) is 23.6. The van der Waals surface area contributed by atoms with Gasteiger partial charge in [0.05, 0.1) is 5.52 Å². The second kappa shape index (κ2) is 7.93. The van der Waals surface area contributed by atoms with E-state index in [9.17, 15) is 4.79 Å². The van der Waals surface area contributed by atoms with Crippen molar-refractivity contribution >= 4 is 22.6 Å². The van der Waals surface area contributed by atoms with Gasteiger partial charge in [0.25, 0.3) is 5.91 Å². The molecule has 1 aromatic carbocycles. The quantitative estimate of drug-likeness (QED) is 0.629. The van der Waals surface area contributed by atoms with E-state index in [0.29, 0.717) is 12.2 Å². The van der Waals surface area contributed by atoms with E-state index in [0.717, 1.165) is 67.1 Å². The Morgan fingerprint density at radius 2 is 1.84 bits per heavy atom. The van der Waals surface area contributed by atoms with Gasteiger partial charge in [0.15, 0.2) is 5.82 Å². The highest BCUT2D eigenvalue weighted by molar-refractivity contribution is 6.01. The van der Waals surface area contributed by atoms with Gasteiger partial charge >= 0.3 is 0 Å². The van der Waals surface area contributed by atoms with E-state index in [1.54, 1.807) is 0 Å². The molecule has 2 aliphatic heterocycles. The number of pyridine rings is 1. The Morgan fingerprint density at radius 1 is 1.16 bits per heavy atom. The normalized spacial score (nSPS) is 17.6. The maximum Gasteiger partial charge on any atom is 0.272 e. The first-order valence-corrected chi connectivity index (χ1v) is 11.5. The van der Waals surface area contributed by atoms with Crippen molar-refractivity contribution in [1.29, 1.82) is 0 Å². The Labute approximate surface area is 189 Å². The minimum Gasteiger partial charge on any atom is -0.381 e. The van der Waals surface area contributed by atoms with E-state index in [1.807, 2.05) is 11.0 Å². The third-order valence-corrected chi connectivity index (χ3v) is 7.49. The van der Waals surface area contributed by atoms with Crippen molar-refractivity contribution in [3.63, 3.8) is 0 Å². The number of nitrogens with one attached hydrogen (secondary N) is 2. The Balaban J connectivity index is 1.44. The summed E-state index contributed by atoms with van der Waals surface area (Å²) in [6, 6.07) is 8.30. The molecule has 2 aliphatic rings. The van der Waals surface area contributed by atoms with E-state index in [-0.39, 0.29) is 11.3 Å². The van der Waals surface area contributed by atoms with Crippen LogP contribution in [0.25, 0.3) is 10.9 Å². The summed E-state index contributed by atoms with van der Waals surface area (Å²) in [5.74, 6) is 0.767. The lowest BCUT2D eigenvalue weighted by molar-refractivity contribution is -0.0667. The standard InChI is InChI=1S/C26H32N4O2/c1-16-6-5-7-17(2)21(16)13-27-24-23-20(18(3)19(4)28-23)12-22(29-24)25(31)30-14-26(15-30)8-10-32-11-9-26/h5-7,12,28H,8-11,13-15H2,1-4H3,(H,27,29). The smallest absolute Gasteiger partial charge is 0.272 e. The number of amides is 1. The molecule has 4 heterocycles. The van der Waals surface area contributed by atoms with Crippen molar-refractivity contribution in [3.8, 4) is 0 Å². The lowest BCUT2D eigenvalue weighted by atomic mass is 9.73. The second-order valence-corrected chi connectivity index (χ2v) is 9.65. The number of nitrogens with zero attached hydrogens (tertiary/aromatic N) is 2. The van der Waals surface area contributed by atoms with Crippen LogP contribution in [0, 0.1) is 33.1 Å². The van der Waals surface area contributed by atoms with E-state index in [4.69, 9.17) is 9.72 Å². The molecule has 6 nitrogen and oxygen atoms in total. The highest BCUT2D eigenvalue weighted by Gasteiger charge is 2.46. The zero-order chi connectivity index (χ0) is 22.5. The number of hydrogen-bond donors (Lipinski definition) is 2. The molecular formula is C26H32N4O2. The third kappa shape index (κ3) is 3.56. The maximum atomic E-state index is 13.3. The molecule has 3 aromatic rings. The van der Waals surface area contributed by atoms with Crippen LogP contribution in [0.5, 0.6) is 0 Å². The topological polar surface area (TPSA) is 70.2 Å². The number of hydrogen-bond acceptors (Lipinski definition) is 4. The molecule has 0 aliphatic carbocycles. The van der Waals surface area contributed by atoms with Gasteiger partial charge in [-0.25, -0.2) is 4.98 Å². The molecule has 2 aromatic heterocycles. The Morgan fingerprint density at radius 3 is 2.53 bits per heavy atom. The van der Waals surface area contributed by atoms with Crippen LogP contribution < -0.4 is 5.32 Å². The summed E-state index contributed by atoms with van der Waals surface area (Å²) in [6.07, 6.45) is 2.09. The second-order valence-electron chi connectivity index (χ2n) is 9.65. The summed E-state index contributed by atoms with van der Waals surface area (Å²) >= 11 is 0. The highest BCUT2D eigenvalue weighted by atomic mass is 16.5. The first-order chi connectivity index (χ1) is 15.4. The van der Waals surface area contributed by atoms with E-state index >= 15 is 0 Å². The van der Waals surface area contributed by atoms with Crippen LogP contribution >= 0.6 is 0 Å².